The first kappa shape index (κ1) is 14.1. The van der Waals surface area contributed by atoms with E-state index in [0.717, 1.165) is 31.4 Å². The Labute approximate surface area is 125 Å². The van der Waals surface area contributed by atoms with E-state index in [4.69, 9.17) is 0 Å². The molecule has 1 aliphatic carbocycles. The number of benzene rings is 1. The molecule has 3 rings (SSSR count). The lowest BCUT2D eigenvalue weighted by atomic mass is 9.91. The van der Waals surface area contributed by atoms with Gasteiger partial charge in [-0.15, -0.1) is 0 Å². The van der Waals surface area contributed by atoms with Crippen LogP contribution in [0.2, 0.25) is 0 Å². The number of nitrogens with zero attached hydrogens (tertiary/aromatic N) is 1. The second-order valence-electron chi connectivity index (χ2n) is 6.33. The minimum atomic E-state index is -0.725. The van der Waals surface area contributed by atoms with Crippen LogP contribution in [0.25, 0.3) is 0 Å². The molecule has 2 amide bonds. The molecule has 1 atom stereocenters. The van der Waals surface area contributed by atoms with Crippen LogP contribution in [0.3, 0.4) is 0 Å². The molecule has 1 saturated heterocycles. The summed E-state index contributed by atoms with van der Waals surface area (Å²) in [7, 11) is 0. The van der Waals surface area contributed by atoms with Crippen molar-refractivity contribution < 1.29 is 9.59 Å². The van der Waals surface area contributed by atoms with Gasteiger partial charge in [0.05, 0.1) is 0 Å². The number of carbonyl (C=O) groups is 2. The maximum Gasteiger partial charge on any atom is 0.253 e. The molecule has 112 valence electrons. The summed E-state index contributed by atoms with van der Waals surface area (Å²) in [6.07, 6.45) is 4.18. The molecule has 2 fully saturated rings. The molecule has 21 heavy (non-hydrogen) atoms. The van der Waals surface area contributed by atoms with Crippen molar-refractivity contribution in [2.45, 2.75) is 45.1 Å². The Kier molecular flexibility index (Phi) is 3.47. The summed E-state index contributed by atoms with van der Waals surface area (Å²) in [5, 5.41) is 2.91. The number of hydrogen-bond donors (Lipinski definition) is 1. The third-order valence-corrected chi connectivity index (χ3v) is 4.57. The molecule has 0 bridgehead atoms. The van der Waals surface area contributed by atoms with Crippen molar-refractivity contribution in [1.29, 1.82) is 0 Å². The van der Waals surface area contributed by atoms with Crippen LogP contribution in [0.5, 0.6) is 0 Å². The molecule has 1 aromatic rings. The fourth-order valence-electron chi connectivity index (χ4n) is 3.16. The van der Waals surface area contributed by atoms with Crippen LogP contribution in [-0.2, 0) is 16.0 Å². The maximum atomic E-state index is 12.8. The maximum absolute atomic E-state index is 12.8. The molecule has 0 aromatic heterocycles. The molecule has 1 unspecified atom stereocenters. The van der Waals surface area contributed by atoms with Gasteiger partial charge < -0.3 is 10.2 Å². The number of anilines is 1. The number of rotatable bonds is 4. The Morgan fingerprint density at radius 2 is 1.90 bits per heavy atom. The Bertz CT molecular complexity index is 563. The van der Waals surface area contributed by atoms with E-state index >= 15 is 0 Å². The van der Waals surface area contributed by atoms with E-state index in [9.17, 15) is 9.59 Å². The minimum absolute atomic E-state index is 0.0211. The van der Waals surface area contributed by atoms with Crippen molar-refractivity contribution >= 4 is 17.5 Å². The lowest BCUT2D eigenvalue weighted by Gasteiger charge is -2.40. The van der Waals surface area contributed by atoms with Gasteiger partial charge in [0.1, 0.15) is 12.1 Å². The molecular formula is C17H22N2O2. The van der Waals surface area contributed by atoms with Crippen molar-refractivity contribution in [3.05, 3.63) is 29.8 Å². The Morgan fingerprint density at radius 1 is 1.24 bits per heavy atom. The summed E-state index contributed by atoms with van der Waals surface area (Å²) >= 11 is 0. The third kappa shape index (κ3) is 2.55. The predicted octanol–water partition coefficient (Wildman–Crippen LogP) is 2.27. The molecule has 4 heteroatoms. The largest absolute Gasteiger partial charge is 0.340 e. The lowest BCUT2D eigenvalue weighted by Crippen LogP contribution is -2.66. The smallest absolute Gasteiger partial charge is 0.253 e. The fraction of sp³-hybridized carbons (Fsp3) is 0.529. The summed E-state index contributed by atoms with van der Waals surface area (Å²) in [6.45, 7) is 4.13. The van der Waals surface area contributed by atoms with Crippen molar-refractivity contribution in [1.82, 2.24) is 5.32 Å². The highest BCUT2D eigenvalue weighted by molar-refractivity contribution is 6.09. The summed E-state index contributed by atoms with van der Waals surface area (Å²) in [6, 6.07) is 8.00. The van der Waals surface area contributed by atoms with Crippen LogP contribution in [0.4, 0.5) is 5.69 Å². The number of piperazine rings is 1. The molecule has 1 N–H and O–H groups in total. The van der Waals surface area contributed by atoms with Crippen molar-refractivity contribution in [2.24, 2.45) is 5.92 Å². The summed E-state index contributed by atoms with van der Waals surface area (Å²) < 4.78 is 0. The van der Waals surface area contributed by atoms with Gasteiger partial charge in [-0.25, -0.2) is 0 Å². The topological polar surface area (TPSA) is 49.4 Å². The number of hydrogen-bond acceptors (Lipinski definition) is 2. The van der Waals surface area contributed by atoms with Crippen LogP contribution >= 0.6 is 0 Å². The monoisotopic (exact) mass is 286 g/mol. The van der Waals surface area contributed by atoms with Gasteiger partial charge in [0, 0.05) is 5.69 Å². The Morgan fingerprint density at radius 3 is 2.48 bits per heavy atom. The van der Waals surface area contributed by atoms with Crippen molar-refractivity contribution in [3.8, 4) is 0 Å². The molecule has 1 aliphatic heterocycles. The molecular weight excluding hydrogens is 264 g/mol. The van der Waals surface area contributed by atoms with Gasteiger partial charge in [0.2, 0.25) is 5.91 Å². The van der Waals surface area contributed by atoms with Gasteiger partial charge in [-0.2, -0.15) is 0 Å². The van der Waals surface area contributed by atoms with E-state index in [2.05, 4.69) is 12.2 Å². The highest BCUT2D eigenvalue weighted by Gasteiger charge is 2.52. The lowest BCUT2D eigenvalue weighted by molar-refractivity contribution is -0.136. The quantitative estimate of drug-likeness (QED) is 0.923. The standard InChI is InChI=1S/C17H22N2O2/c1-3-4-12-5-9-14(10-6-12)19-11-15(20)18-17(2,16(19)21)13-7-8-13/h5-6,9-10,13H,3-4,7-8,11H2,1-2H3,(H,18,20). The van der Waals surface area contributed by atoms with Gasteiger partial charge in [-0.3, -0.25) is 9.59 Å². The molecule has 1 aromatic carbocycles. The first-order chi connectivity index (χ1) is 10.0. The zero-order valence-corrected chi connectivity index (χ0v) is 12.7. The molecule has 1 saturated carbocycles. The highest BCUT2D eigenvalue weighted by Crippen LogP contribution is 2.42. The number of aryl methyl sites for hydroxylation is 1. The Hall–Kier alpha value is -1.84. The number of carbonyl (C=O) groups excluding carboxylic acids is 2. The van der Waals surface area contributed by atoms with Gasteiger partial charge >= 0.3 is 0 Å². The van der Waals surface area contributed by atoms with E-state index in [1.807, 2.05) is 31.2 Å². The van der Waals surface area contributed by atoms with E-state index in [1.165, 1.54) is 5.56 Å². The molecule has 1 heterocycles. The first-order valence-electron chi connectivity index (χ1n) is 7.76. The van der Waals surface area contributed by atoms with Gasteiger partial charge in [0.15, 0.2) is 0 Å². The second kappa shape index (κ2) is 5.17. The summed E-state index contributed by atoms with van der Waals surface area (Å²) in [4.78, 5) is 26.4. The van der Waals surface area contributed by atoms with Crippen LogP contribution in [0, 0.1) is 5.92 Å². The Balaban J connectivity index is 1.86. The van der Waals surface area contributed by atoms with Crippen LogP contribution < -0.4 is 10.2 Å². The molecule has 2 aliphatic rings. The fourth-order valence-corrected chi connectivity index (χ4v) is 3.16. The van der Waals surface area contributed by atoms with Crippen molar-refractivity contribution in [2.75, 3.05) is 11.4 Å². The zero-order chi connectivity index (χ0) is 15.0. The van der Waals surface area contributed by atoms with Crippen LogP contribution in [-0.4, -0.2) is 23.9 Å². The van der Waals surface area contributed by atoms with E-state index in [0.29, 0.717) is 0 Å². The van der Waals surface area contributed by atoms with Crippen LogP contribution in [0.15, 0.2) is 24.3 Å². The van der Waals surface area contributed by atoms with E-state index < -0.39 is 5.54 Å². The van der Waals surface area contributed by atoms with Crippen LogP contribution in [0.1, 0.15) is 38.7 Å². The SMILES string of the molecule is CCCc1ccc(N2CC(=O)NC(C)(C3CC3)C2=O)cc1. The van der Waals surface area contributed by atoms with Gasteiger partial charge in [-0.05, 0) is 49.8 Å². The highest BCUT2D eigenvalue weighted by atomic mass is 16.2. The normalized spacial score (nSPS) is 25.9. The van der Waals surface area contributed by atoms with E-state index in [1.54, 1.807) is 4.90 Å². The average molecular weight is 286 g/mol. The minimum Gasteiger partial charge on any atom is -0.340 e. The van der Waals surface area contributed by atoms with Gasteiger partial charge in [0.25, 0.3) is 5.91 Å². The number of nitrogens with one attached hydrogen (secondary N) is 1. The molecule has 0 spiro atoms. The van der Waals surface area contributed by atoms with Gasteiger partial charge in [-0.1, -0.05) is 25.5 Å². The average Bonchev–Trinajstić information content (AvgIpc) is 3.29. The molecule has 0 radical (unpaired) electrons. The second-order valence-corrected chi connectivity index (χ2v) is 6.33. The summed E-state index contributed by atoms with van der Waals surface area (Å²) in [5.74, 6) is 0.241. The molecule has 4 nitrogen and oxygen atoms in total. The third-order valence-electron chi connectivity index (χ3n) is 4.57. The van der Waals surface area contributed by atoms with Crippen molar-refractivity contribution in [3.63, 3.8) is 0 Å². The van der Waals surface area contributed by atoms with E-state index in [-0.39, 0.29) is 24.3 Å². The first-order valence-corrected chi connectivity index (χ1v) is 7.76. The zero-order valence-electron chi connectivity index (χ0n) is 12.7. The summed E-state index contributed by atoms with van der Waals surface area (Å²) in [5.41, 5.74) is 1.36. The predicted molar refractivity (Wildman–Crippen MR) is 82.1 cm³/mol. The number of amides is 2.